The first kappa shape index (κ1) is 14.1. The molecule has 1 saturated carbocycles. The molecule has 6 heteroatoms. The summed E-state index contributed by atoms with van der Waals surface area (Å²) >= 11 is 1.10. The van der Waals surface area contributed by atoms with Crippen LogP contribution in [0.5, 0.6) is 0 Å². The van der Waals surface area contributed by atoms with Gasteiger partial charge in [-0.05, 0) is 12.3 Å². The number of aryl methyl sites for hydroxylation is 1. The summed E-state index contributed by atoms with van der Waals surface area (Å²) < 4.78 is 1.90. The van der Waals surface area contributed by atoms with E-state index in [1.807, 2.05) is 4.57 Å². The quantitative estimate of drug-likeness (QED) is 0.638. The van der Waals surface area contributed by atoms with Gasteiger partial charge in [0.25, 0.3) is 5.56 Å². The summed E-state index contributed by atoms with van der Waals surface area (Å²) in [5.41, 5.74) is -0.315. The zero-order chi connectivity index (χ0) is 13.7. The molecule has 19 heavy (non-hydrogen) atoms. The number of carboxylic acids is 1. The van der Waals surface area contributed by atoms with Gasteiger partial charge >= 0.3 is 5.97 Å². The molecule has 0 unspecified atom stereocenters. The van der Waals surface area contributed by atoms with E-state index in [2.05, 4.69) is 4.98 Å². The molecule has 0 spiro atoms. The molecule has 0 radical (unpaired) electrons. The molecule has 0 bridgehead atoms. The molecule has 0 aromatic carbocycles. The predicted molar refractivity (Wildman–Crippen MR) is 73.4 cm³/mol. The third-order valence-corrected chi connectivity index (χ3v) is 4.40. The van der Waals surface area contributed by atoms with E-state index in [-0.39, 0.29) is 11.3 Å². The van der Waals surface area contributed by atoms with Crippen LogP contribution in [0.25, 0.3) is 0 Å². The van der Waals surface area contributed by atoms with Crippen LogP contribution in [-0.2, 0) is 11.3 Å². The Kier molecular flexibility index (Phi) is 5.01. The van der Waals surface area contributed by atoms with Crippen molar-refractivity contribution < 1.29 is 9.90 Å². The van der Waals surface area contributed by atoms with Crippen molar-refractivity contribution in [3.8, 4) is 0 Å². The normalized spacial score (nSPS) is 15.8. The summed E-state index contributed by atoms with van der Waals surface area (Å²) in [6.45, 7) is 0.805. The summed E-state index contributed by atoms with van der Waals surface area (Å²) in [6.07, 6.45) is 7.98. The molecule has 1 heterocycles. The minimum atomic E-state index is -0.898. The summed E-state index contributed by atoms with van der Waals surface area (Å²) in [6, 6.07) is 1.43. The Bertz CT molecular complexity index is 495. The highest BCUT2D eigenvalue weighted by Gasteiger charge is 2.15. The molecule has 0 aliphatic heterocycles. The van der Waals surface area contributed by atoms with E-state index in [1.54, 1.807) is 6.20 Å². The predicted octanol–water partition coefficient (Wildman–Crippen LogP) is 2.00. The third kappa shape index (κ3) is 4.38. The van der Waals surface area contributed by atoms with Crippen LogP contribution in [0.4, 0.5) is 0 Å². The van der Waals surface area contributed by atoms with Gasteiger partial charge in [0.1, 0.15) is 0 Å². The highest BCUT2D eigenvalue weighted by Crippen LogP contribution is 2.28. The number of hydrogen-bond donors (Lipinski definition) is 1. The molecule has 1 aromatic rings. The van der Waals surface area contributed by atoms with Crippen molar-refractivity contribution in [3.05, 3.63) is 22.6 Å². The molecular formula is C13H18N2O3S. The average molecular weight is 282 g/mol. The van der Waals surface area contributed by atoms with Crippen molar-refractivity contribution in [2.75, 3.05) is 5.75 Å². The lowest BCUT2D eigenvalue weighted by Gasteiger charge is -2.13. The summed E-state index contributed by atoms with van der Waals surface area (Å²) in [7, 11) is 0. The summed E-state index contributed by atoms with van der Waals surface area (Å²) in [5.74, 6) is -0.206. The van der Waals surface area contributed by atoms with Gasteiger partial charge in [-0.2, -0.15) is 4.98 Å². The van der Waals surface area contributed by atoms with E-state index in [0.717, 1.165) is 30.6 Å². The van der Waals surface area contributed by atoms with Crippen molar-refractivity contribution in [2.24, 2.45) is 5.92 Å². The van der Waals surface area contributed by atoms with Crippen molar-refractivity contribution >= 4 is 17.7 Å². The number of aromatic nitrogens is 2. The second-order valence-corrected chi connectivity index (χ2v) is 5.81. The van der Waals surface area contributed by atoms with E-state index in [0.29, 0.717) is 5.16 Å². The molecule has 2 rings (SSSR count). The number of carboxylic acid groups (broad SMARTS) is 1. The van der Waals surface area contributed by atoms with Crippen LogP contribution < -0.4 is 5.56 Å². The fourth-order valence-corrected chi connectivity index (χ4v) is 3.17. The Hall–Kier alpha value is -1.30. The number of thioether (sulfide) groups is 1. The third-order valence-electron chi connectivity index (χ3n) is 3.43. The van der Waals surface area contributed by atoms with Gasteiger partial charge in [-0.3, -0.25) is 9.59 Å². The van der Waals surface area contributed by atoms with E-state index < -0.39 is 5.97 Å². The number of carbonyl (C=O) groups is 1. The van der Waals surface area contributed by atoms with Gasteiger partial charge in [-0.15, -0.1) is 0 Å². The highest BCUT2D eigenvalue weighted by molar-refractivity contribution is 7.99. The molecule has 1 fully saturated rings. The van der Waals surface area contributed by atoms with Gasteiger partial charge in [0, 0.05) is 18.8 Å². The number of nitrogens with zero attached hydrogens (tertiary/aromatic N) is 2. The first-order valence-electron chi connectivity index (χ1n) is 6.57. The largest absolute Gasteiger partial charge is 0.481 e. The van der Waals surface area contributed by atoms with Crippen LogP contribution in [0.3, 0.4) is 0 Å². The molecule has 1 aromatic heterocycles. The van der Waals surface area contributed by atoms with E-state index in [1.165, 1.54) is 31.7 Å². The molecule has 1 aliphatic rings. The molecule has 1 aliphatic carbocycles. The van der Waals surface area contributed by atoms with E-state index >= 15 is 0 Å². The van der Waals surface area contributed by atoms with Crippen LogP contribution in [0.2, 0.25) is 0 Å². The maximum Gasteiger partial charge on any atom is 0.313 e. The van der Waals surface area contributed by atoms with Gasteiger partial charge in [-0.1, -0.05) is 37.4 Å². The molecule has 1 N–H and O–H groups in total. The van der Waals surface area contributed by atoms with Crippen molar-refractivity contribution in [3.63, 3.8) is 0 Å². The number of hydrogen-bond acceptors (Lipinski definition) is 4. The van der Waals surface area contributed by atoms with Crippen LogP contribution in [-0.4, -0.2) is 26.4 Å². The molecule has 0 atom stereocenters. The second kappa shape index (κ2) is 6.75. The first-order valence-corrected chi connectivity index (χ1v) is 7.56. The molecule has 104 valence electrons. The first-order chi connectivity index (χ1) is 9.15. The maximum absolute atomic E-state index is 11.3. The van der Waals surface area contributed by atoms with Crippen LogP contribution >= 0.6 is 11.8 Å². The Labute approximate surface area is 116 Å². The molecule has 0 amide bonds. The number of aliphatic carboxylic acids is 1. The zero-order valence-corrected chi connectivity index (χ0v) is 11.6. The SMILES string of the molecule is O=C(O)CSc1nc(=O)ccn1CCC1CCCC1. The van der Waals surface area contributed by atoms with Gasteiger partial charge in [0.05, 0.1) is 5.75 Å². The lowest BCUT2D eigenvalue weighted by molar-refractivity contribution is -0.133. The number of rotatable bonds is 6. The zero-order valence-electron chi connectivity index (χ0n) is 10.7. The van der Waals surface area contributed by atoms with Crippen molar-refractivity contribution in [1.82, 2.24) is 9.55 Å². The van der Waals surface area contributed by atoms with Crippen LogP contribution in [0.15, 0.2) is 22.2 Å². The topological polar surface area (TPSA) is 72.2 Å². The Morgan fingerprint density at radius 1 is 1.47 bits per heavy atom. The van der Waals surface area contributed by atoms with E-state index in [9.17, 15) is 9.59 Å². The minimum absolute atomic E-state index is 0.0696. The average Bonchev–Trinajstić information content (AvgIpc) is 2.88. The fourth-order valence-electron chi connectivity index (χ4n) is 2.45. The highest BCUT2D eigenvalue weighted by atomic mass is 32.2. The Morgan fingerprint density at radius 3 is 2.89 bits per heavy atom. The van der Waals surface area contributed by atoms with E-state index in [4.69, 9.17) is 5.11 Å². The molecule has 0 saturated heterocycles. The Morgan fingerprint density at radius 2 is 2.21 bits per heavy atom. The second-order valence-electron chi connectivity index (χ2n) is 4.86. The fraction of sp³-hybridized carbons (Fsp3) is 0.615. The molecular weight excluding hydrogens is 264 g/mol. The van der Waals surface area contributed by atoms with Crippen molar-refractivity contribution in [2.45, 2.75) is 43.8 Å². The lowest BCUT2D eigenvalue weighted by Crippen LogP contribution is -2.15. The van der Waals surface area contributed by atoms with Crippen LogP contribution in [0, 0.1) is 5.92 Å². The van der Waals surface area contributed by atoms with Gasteiger partial charge < -0.3 is 9.67 Å². The summed E-state index contributed by atoms with van der Waals surface area (Å²) in [5, 5.41) is 9.21. The smallest absolute Gasteiger partial charge is 0.313 e. The van der Waals surface area contributed by atoms with Gasteiger partial charge in [0.2, 0.25) is 0 Å². The Balaban J connectivity index is 2.00. The minimum Gasteiger partial charge on any atom is -0.481 e. The monoisotopic (exact) mass is 282 g/mol. The molecule has 5 nitrogen and oxygen atoms in total. The van der Waals surface area contributed by atoms with Crippen LogP contribution in [0.1, 0.15) is 32.1 Å². The van der Waals surface area contributed by atoms with Crippen molar-refractivity contribution in [1.29, 1.82) is 0 Å². The maximum atomic E-state index is 11.3. The van der Waals surface area contributed by atoms with Gasteiger partial charge in [-0.25, -0.2) is 0 Å². The standard InChI is InChI=1S/C13H18N2O3S/c16-11-6-8-15(7-5-10-3-1-2-4-10)13(14-11)19-9-12(17)18/h6,8,10H,1-5,7,9H2,(H,17,18). The summed E-state index contributed by atoms with van der Waals surface area (Å²) in [4.78, 5) is 25.8. The lowest BCUT2D eigenvalue weighted by atomic mass is 10.0. The van der Waals surface area contributed by atoms with Gasteiger partial charge in [0.15, 0.2) is 5.16 Å².